The number of fused-ring (bicyclic) bond motifs is 1. The minimum Gasteiger partial charge on any atom is -0.395 e. The molecule has 3 rings (SSSR count). The third-order valence-corrected chi connectivity index (χ3v) is 4.49. The molecule has 21 heavy (non-hydrogen) atoms. The number of rotatable bonds is 5. The fraction of sp³-hybridized carbons (Fsp3) is 0.467. The molecule has 0 bridgehead atoms. The highest BCUT2D eigenvalue weighted by Crippen LogP contribution is 2.25. The highest BCUT2D eigenvalue weighted by atomic mass is 79.9. The van der Waals surface area contributed by atoms with E-state index in [9.17, 15) is 9.90 Å². The Morgan fingerprint density at radius 2 is 2.24 bits per heavy atom. The maximum absolute atomic E-state index is 12.2. The van der Waals surface area contributed by atoms with E-state index in [2.05, 4.69) is 25.8 Å². The van der Waals surface area contributed by atoms with Gasteiger partial charge in [-0.05, 0) is 40.9 Å². The van der Waals surface area contributed by atoms with Crippen LogP contribution in [0.25, 0.3) is 5.65 Å². The van der Waals surface area contributed by atoms with Gasteiger partial charge in [0.1, 0.15) is 5.65 Å². The molecule has 1 aliphatic rings. The molecule has 0 radical (unpaired) electrons. The van der Waals surface area contributed by atoms with Crippen LogP contribution in [0.3, 0.4) is 0 Å². The summed E-state index contributed by atoms with van der Waals surface area (Å²) in [6.45, 7) is 1.38. The van der Waals surface area contributed by atoms with Crippen LogP contribution in [0, 0.1) is 0 Å². The van der Waals surface area contributed by atoms with E-state index < -0.39 is 0 Å². The Bertz CT molecular complexity index is 697. The molecule has 0 aliphatic heterocycles. The molecule has 5 nitrogen and oxygen atoms in total. The highest BCUT2D eigenvalue weighted by Gasteiger charge is 2.25. The van der Waals surface area contributed by atoms with E-state index in [1.54, 1.807) is 12.3 Å². The van der Waals surface area contributed by atoms with E-state index in [0.717, 1.165) is 10.2 Å². The average molecular weight is 352 g/mol. The molecule has 2 aromatic rings. The summed E-state index contributed by atoms with van der Waals surface area (Å²) in [7, 11) is 0. The third kappa shape index (κ3) is 3.17. The Balaban J connectivity index is 1.89. The molecular formula is C15H18BrN3O2. The molecule has 1 aliphatic carbocycles. The van der Waals surface area contributed by atoms with Crippen LogP contribution in [0.1, 0.15) is 25.0 Å². The Morgan fingerprint density at radius 3 is 2.90 bits per heavy atom. The normalized spacial score (nSPS) is 15.6. The molecule has 2 aromatic heterocycles. The standard InChI is InChI=1S/C15H18BrN3O2/c16-11-4-5-14-17-12(8-15(21)19(14)9-11)10-18(6-7-20)13-2-1-3-13/h4-5,8-9,13,20H,1-3,6-7,10H2. The lowest BCUT2D eigenvalue weighted by molar-refractivity contribution is 0.0934. The van der Waals surface area contributed by atoms with Crippen molar-refractivity contribution in [2.75, 3.05) is 13.2 Å². The molecule has 0 aromatic carbocycles. The lowest BCUT2D eigenvalue weighted by Crippen LogP contribution is -2.41. The van der Waals surface area contributed by atoms with Crippen LogP contribution in [0.15, 0.2) is 33.7 Å². The second-order valence-corrected chi connectivity index (χ2v) is 6.36. The number of hydrogen-bond acceptors (Lipinski definition) is 4. The van der Waals surface area contributed by atoms with E-state index in [0.29, 0.717) is 24.8 Å². The molecule has 6 heteroatoms. The van der Waals surface area contributed by atoms with Gasteiger partial charge in [0.15, 0.2) is 0 Å². The van der Waals surface area contributed by atoms with Crippen LogP contribution in [-0.4, -0.2) is 38.6 Å². The fourth-order valence-electron chi connectivity index (χ4n) is 2.69. The molecule has 1 fully saturated rings. The van der Waals surface area contributed by atoms with Gasteiger partial charge in [0.2, 0.25) is 0 Å². The van der Waals surface area contributed by atoms with Crippen molar-refractivity contribution in [3.8, 4) is 0 Å². The van der Waals surface area contributed by atoms with Crippen molar-refractivity contribution in [3.63, 3.8) is 0 Å². The fourth-order valence-corrected chi connectivity index (χ4v) is 3.02. The van der Waals surface area contributed by atoms with Crippen molar-refractivity contribution in [1.29, 1.82) is 0 Å². The first-order valence-corrected chi connectivity index (χ1v) is 7.99. The second-order valence-electron chi connectivity index (χ2n) is 5.44. The Morgan fingerprint density at radius 1 is 1.43 bits per heavy atom. The molecule has 0 unspecified atom stereocenters. The van der Waals surface area contributed by atoms with Crippen LogP contribution in [0.5, 0.6) is 0 Å². The van der Waals surface area contributed by atoms with Gasteiger partial charge in [-0.3, -0.25) is 14.1 Å². The summed E-state index contributed by atoms with van der Waals surface area (Å²) in [5.74, 6) is 0. The van der Waals surface area contributed by atoms with Gasteiger partial charge in [0.25, 0.3) is 5.56 Å². The van der Waals surface area contributed by atoms with Gasteiger partial charge in [-0.1, -0.05) is 6.42 Å². The van der Waals surface area contributed by atoms with Crippen LogP contribution in [0.2, 0.25) is 0 Å². The smallest absolute Gasteiger partial charge is 0.258 e. The minimum absolute atomic E-state index is 0.0751. The van der Waals surface area contributed by atoms with E-state index in [-0.39, 0.29) is 12.2 Å². The van der Waals surface area contributed by atoms with Gasteiger partial charge < -0.3 is 5.11 Å². The zero-order chi connectivity index (χ0) is 14.8. The Kier molecular flexibility index (Phi) is 4.37. The topological polar surface area (TPSA) is 57.8 Å². The molecule has 0 saturated heterocycles. The SMILES string of the molecule is O=c1cc(CN(CCO)C2CCC2)nc2ccc(Br)cn12. The van der Waals surface area contributed by atoms with Crippen molar-refractivity contribution in [2.45, 2.75) is 31.8 Å². The van der Waals surface area contributed by atoms with Gasteiger partial charge in [-0.15, -0.1) is 0 Å². The van der Waals surface area contributed by atoms with Crippen molar-refractivity contribution < 1.29 is 5.11 Å². The molecule has 112 valence electrons. The summed E-state index contributed by atoms with van der Waals surface area (Å²) in [5, 5.41) is 9.21. The number of pyridine rings is 1. The predicted molar refractivity (Wildman–Crippen MR) is 84.3 cm³/mol. The summed E-state index contributed by atoms with van der Waals surface area (Å²) in [4.78, 5) is 19.0. The maximum atomic E-state index is 12.2. The van der Waals surface area contributed by atoms with E-state index in [1.165, 1.54) is 23.7 Å². The van der Waals surface area contributed by atoms with Gasteiger partial charge >= 0.3 is 0 Å². The van der Waals surface area contributed by atoms with E-state index >= 15 is 0 Å². The number of aliphatic hydroxyl groups is 1. The zero-order valence-electron chi connectivity index (χ0n) is 11.7. The first kappa shape index (κ1) is 14.7. The van der Waals surface area contributed by atoms with Crippen molar-refractivity contribution >= 4 is 21.6 Å². The number of halogens is 1. The van der Waals surface area contributed by atoms with Gasteiger partial charge in [-0.2, -0.15) is 0 Å². The monoisotopic (exact) mass is 351 g/mol. The predicted octanol–water partition coefficient (Wildman–Crippen LogP) is 1.80. The van der Waals surface area contributed by atoms with Crippen molar-refractivity contribution in [1.82, 2.24) is 14.3 Å². The molecule has 1 N–H and O–H groups in total. The molecule has 0 atom stereocenters. The molecule has 0 amide bonds. The first-order valence-electron chi connectivity index (χ1n) is 7.20. The average Bonchev–Trinajstić information content (AvgIpc) is 2.38. The number of aliphatic hydroxyl groups excluding tert-OH is 1. The van der Waals surface area contributed by atoms with Crippen LogP contribution in [-0.2, 0) is 6.54 Å². The number of aromatic nitrogens is 2. The van der Waals surface area contributed by atoms with Gasteiger partial charge in [-0.25, -0.2) is 4.98 Å². The van der Waals surface area contributed by atoms with Gasteiger partial charge in [0.05, 0.1) is 12.3 Å². The van der Waals surface area contributed by atoms with Crippen molar-refractivity contribution in [3.05, 3.63) is 44.9 Å². The van der Waals surface area contributed by atoms with Gasteiger partial charge in [0, 0.05) is 35.9 Å². The third-order valence-electron chi connectivity index (χ3n) is 4.02. The highest BCUT2D eigenvalue weighted by molar-refractivity contribution is 9.10. The second kappa shape index (κ2) is 6.25. The summed E-state index contributed by atoms with van der Waals surface area (Å²) in [6, 6.07) is 5.81. The zero-order valence-corrected chi connectivity index (χ0v) is 13.3. The van der Waals surface area contributed by atoms with Crippen LogP contribution in [0.4, 0.5) is 0 Å². The van der Waals surface area contributed by atoms with Crippen LogP contribution >= 0.6 is 15.9 Å². The number of hydrogen-bond donors (Lipinski definition) is 1. The molecule has 2 heterocycles. The molecule has 1 saturated carbocycles. The summed E-state index contributed by atoms with van der Waals surface area (Å²) < 4.78 is 2.39. The lowest BCUT2D eigenvalue weighted by Gasteiger charge is -2.37. The largest absolute Gasteiger partial charge is 0.395 e. The van der Waals surface area contributed by atoms with E-state index in [1.807, 2.05) is 12.1 Å². The van der Waals surface area contributed by atoms with Crippen LogP contribution < -0.4 is 5.56 Å². The molecule has 0 spiro atoms. The quantitative estimate of drug-likeness (QED) is 0.892. The minimum atomic E-state index is -0.0751. The number of nitrogens with zero attached hydrogens (tertiary/aromatic N) is 3. The Hall–Kier alpha value is -1.24. The summed E-state index contributed by atoms with van der Waals surface area (Å²) in [6.07, 6.45) is 5.30. The van der Waals surface area contributed by atoms with Crippen molar-refractivity contribution in [2.24, 2.45) is 0 Å². The molecular weight excluding hydrogens is 334 g/mol. The lowest BCUT2D eigenvalue weighted by atomic mass is 9.91. The summed E-state index contributed by atoms with van der Waals surface area (Å²) >= 11 is 3.36. The summed E-state index contributed by atoms with van der Waals surface area (Å²) in [5.41, 5.74) is 1.34. The van der Waals surface area contributed by atoms with E-state index in [4.69, 9.17) is 0 Å². The first-order chi connectivity index (χ1) is 10.2. The Labute approximate surface area is 131 Å². The maximum Gasteiger partial charge on any atom is 0.258 e.